The summed E-state index contributed by atoms with van der Waals surface area (Å²) in [4.78, 5) is 38.2. The van der Waals surface area contributed by atoms with Crippen LogP contribution in [0.2, 0.25) is 0 Å². The Hall–Kier alpha value is -2.18. The Labute approximate surface area is 143 Å². The van der Waals surface area contributed by atoms with Crippen molar-refractivity contribution in [1.82, 2.24) is 19.8 Å². The van der Waals surface area contributed by atoms with Gasteiger partial charge in [0.05, 0.1) is 0 Å². The summed E-state index contributed by atoms with van der Waals surface area (Å²) in [7, 11) is 0. The maximum absolute atomic E-state index is 12.8. The molecule has 0 aliphatic carbocycles. The Balaban J connectivity index is 2.18. The van der Waals surface area contributed by atoms with Crippen LogP contribution in [0, 0.1) is 6.92 Å². The van der Waals surface area contributed by atoms with Gasteiger partial charge in [-0.05, 0) is 25.8 Å². The summed E-state index contributed by atoms with van der Waals surface area (Å²) < 4.78 is 0. The van der Waals surface area contributed by atoms with Crippen molar-refractivity contribution < 1.29 is 9.59 Å². The van der Waals surface area contributed by atoms with Gasteiger partial charge in [-0.1, -0.05) is 13.8 Å². The SMILES string of the molecule is CCCN(CCC)C(=O)c1cc(C)nc(N2CCN(C=O)CC2)n1. The van der Waals surface area contributed by atoms with Crippen molar-refractivity contribution >= 4 is 18.3 Å². The van der Waals surface area contributed by atoms with Gasteiger partial charge in [-0.3, -0.25) is 9.59 Å². The highest BCUT2D eigenvalue weighted by molar-refractivity contribution is 5.92. The first-order chi connectivity index (χ1) is 11.6. The fourth-order valence-corrected chi connectivity index (χ4v) is 2.85. The van der Waals surface area contributed by atoms with E-state index in [1.165, 1.54) is 0 Å². The predicted octanol–water partition coefficient (Wildman–Crippen LogP) is 1.33. The summed E-state index contributed by atoms with van der Waals surface area (Å²) in [6, 6.07) is 1.76. The van der Waals surface area contributed by atoms with Crippen LogP contribution in [0.5, 0.6) is 0 Å². The fraction of sp³-hybridized carbons (Fsp3) is 0.647. The molecular weight excluding hydrogens is 306 g/mol. The smallest absolute Gasteiger partial charge is 0.272 e. The number of amides is 2. The van der Waals surface area contributed by atoms with Gasteiger partial charge in [0.1, 0.15) is 5.69 Å². The molecule has 2 heterocycles. The van der Waals surface area contributed by atoms with Gasteiger partial charge >= 0.3 is 0 Å². The maximum atomic E-state index is 12.8. The van der Waals surface area contributed by atoms with Crippen LogP contribution in [0.1, 0.15) is 42.9 Å². The molecule has 0 unspecified atom stereocenters. The summed E-state index contributed by atoms with van der Waals surface area (Å²) in [5, 5.41) is 0. The summed E-state index contributed by atoms with van der Waals surface area (Å²) in [5.41, 5.74) is 1.24. The van der Waals surface area contributed by atoms with Gasteiger partial charge in [-0.25, -0.2) is 9.97 Å². The Morgan fingerprint density at radius 3 is 2.33 bits per heavy atom. The topological polar surface area (TPSA) is 69.6 Å². The largest absolute Gasteiger partial charge is 0.342 e. The second kappa shape index (κ2) is 8.61. The molecule has 0 bridgehead atoms. The normalized spacial score (nSPS) is 14.6. The molecule has 0 radical (unpaired) electrons. The summed E-state index contributed by atoms with van der Waals surface area (Å²) in [6.45, 7) is 10.2. The molecule has 24 heavy (non-hydrogen) atoms. The zero-order valence-corrected chi connectivity index (χ0v) is 14.9. The molecule has 1 aromatic heterocycles. The van der Waals surface area contributed by atoms with Crippen LogP contribution < -0.4 is 4.90 Å². The van der Waals surface area contributed by atoms with Crippen LogP contribution in [-0.4, -0.2) is 71.4 Å². The monoisotopic (exact) mass is 333 g/mol. The lowest BCUT2D eigenvalue weighted by molar-refractivity contribution is -0.118. The number of carbonyl (C=O) groups is 2. The van der Waals surface area contributed by atoms with E-state index in [0.29, 0.717) is 37.8 Å². The number of rotatable bonds is 7. The second-order valence-corrected chi connectivity index (χ2v) is 6.12. The van der Waals surface area contributed by atoms with Crippen LogP contribution in [-0.2, 0) is 4.79 Å². The van der Waals surface area contributed by atoms with E-state index in [0.717, 1.165) is 38.0 Å². The van der Waals surface area contributed by atoms with Crippen molar-refractivity contribution in [3.05, 3.63) is 17.5 Å². The Kier molecular flexibility index (Phi) is 6.52. The van der Waals surface area contributed by atoms with Crippen molar-refractivity contribution in [3.63, 3.8) is 0 Å². The van der Waals surface area contributed by atoms with Crippen LogP contribution in [0.4, 0.5) is 5.95 Å². The van der Waals surface area contributed by atoms with Crippen molar-refractivity contribution in [3.8, 4) is 0 Å². The lowest BCUT2D eigenvalue weighted by Crippen LogP contribution is -2.46. The molecule has 0 saturated carbocycles. The quantitative estimate of drug-likeness (QED) is 0.704. The second-order valence-electron chi connectivity index (χ2n) is 6.12. The van der Waals surface area contributed by atoms with E-state index >= 15 is 0 Å². The van der Waals surface area contributed by atoms with E-state index < -0.39 is 0 Å². The Morgan fingerprint density at radius 2 is 1.79 bits per heavy atom. The van der Waals surface area contributed by atoms with Crippen LogP contribution in [0.25, 0.3) is 0 Å². The van der Waals surface area contributed by atoms with Crippen molar-refractivity contribution in [1.29, 1.82) is 0 Å². The lowest BCUT2D eigenvalue weighted by atomic mass is 10.2. The molecular formula is C17H27N5O2. The Bertz CT molecular complexity index is 564. The summed E-state index contributed by atoms with van der Waals surface area (Å²) >= 11 is 0. The molecule has 1 saturated heterocycles. The molecule has 7 nitrogen and oxygen atoms in total. The number of carbonyl (C=O) groups excluding carboxylic acids is 2. The van der Waals surface area contributed by atoms with E-state index in [1.54, 1.807) is 11.0 Å². The first kappa shape index (κ1) is 18.2. The van der Waals surface area contributed by atoms with Crippen LogP contribution >= 0.6 is 0 Å². The molecule has 0 aromatic carbocycles. The third-order valence-corrected chi connectivity index (χ3v) is 4.08. The molecule has 132 valence electrons. The first-order valence-electron chi connectivity index (χ1n) is 8.68. The molecule has 1 aromatic rings. The van der Waals surface area contributed by atoms with E-state index in [9.17, 15) is 9.59 Å². The Morgan fingerprint density at radius 1 is 1.17 bits per heavy atom. The molecule has 2 rings (SSSR count). The first-order valence-corrected chi connectivity index (χ1v) is 8.68. The van der Waals surface area contributed by atoms with E-state index in [2.05, 4.69) is 23.8 Å². The summed E-state index contributed by atoms with van der Waals surface area (Å²) in [6.07, 6.45) is 2.73. The number of anilines is 1. The average molecular weight is 333 g/mol. The standard InChI is InChI=1S/C17H27N5O2/c1-4-6-21(7-5-2)16(24)15-12-14(3)18-17(19-15)22-10-8-20(13-23)9-11-22/h12-13H,4-11H2,1-3H3. The van der Waals surface area contributed by atoms with Gasteiger partial charge in [-0.2, -0.15) is 0 Å². The minimum atomic E-state index is -0.0306. The molecule has 0 spiro atoms. The zero-order valence-electron chi connectivity index (χ0n) is 14.9. The number of nitrogens with zero attached hydrogens (tertiary/aromatic N) is 5. The molecule has 1 aliphatic heterocycles. The van der Waals surface area contributed by atoms with Gasteiger partial charge in [0.25, 0.3) is 5.91 Å². The van der Waals surface area contributed by atoms with E-state index in [1.807, 2.05) is 16.7 Å². The van der Waals surface area contributed by atoms with Crippen LogP contribution in [0.15, 0.2) is 6.07 Å². The van der Waals surface area contributed by atoms with E-state index in [-0.39, 0.29) is 5.91 Å². The molecule has 2 amide bonds. The summed E-state index contributed by atoms with van der Waals surface area (Å²) in [5.74, 6) is 0.550. The number of hydrogen-bond acceptors (Lipinski definition) is 5. The van der Waals surface area contributed by atoms with Gasteiger partial charge in [0.2, 0.25) is 12.4 Å². The van der Waals surface area contributed by atoms with Gasteiger partial charge in [0.15, 0.2) is 0 Å². The van der Waals surface area contributed by atoms with Gasteiger partial charge in [0, 0.05) is 45.0 Å². The predicted molar refractivity (Wildman–Crippen MR) is 93.1 cm³/mol. The third kappa shape index (κ3) is 4.43. The van der Waals surface area contributed by atoms with E-state index in [4.69, 9.17) is 0 Å². The zero-order chi connectivity index (χ0) is 17.5. The van der Waals surface area contributed by atoms with Gasteiger partial charge in [-0.15, -0.1) is 0 Å². The number of hydrogen-bond donors (Lipinski definition) is 0. The van der Waals surface area contributed by atoms with Crippen LogP contribution in [0.3, 0.4) is 0 Å². The molecule has 0 atom stereocenters. The number of aromatic nitrogens is 2. The fourth-order valence-electron chi connectivity index (χ4n) is 2.85. The average Bonchev–Trinajstić information content (AvgIpc) is 2.60. The van der Waals surface area contributed by atoms with Crippen molar-refractivity contribution in [2.45, 2.75) is 33.6 Å². The maximum Gasteiger partial charge on any atom is 0.272 e. The number of aryl methyl sites for hydroxylation is 1. The molecule has 1 fully saturated rings. The third-order valence-electron chi connectivity index (χ3n) is 4.08. The number of piperazine rings is 1. The highest BCUT2D eigenvalue weighted by atomic mass is 16.2. The lowest BCUT2D eigenvalue weighted by Gasteiger charge is -2.32. The van der Waals surface area contributed by atoms with Gasteiger partial charge < -0.3 is 14.7 Å². The highest BCUT2D eigenvalue weighted by Gasteiger charge is 2.21. The minimum absolute atomic E-state index is 0.0306. The highest BCUT2D eigenvalue weighted by Crippen LogP contribution is 2.14. The molecule has 0 N–H and O–H groups in total. The van der Waals surface area contributed by atoms with Crippen molar-refractivity contribution in [2.75, 3.05) is 44.2 Å². The van der Waals surface area contributed by atoms with Crippen molar-refractivity contribution in [2.24, 2.45) is 0 Å². The molecule has 1 aliphatic rings. The molecule has 7 heteroatoms. The minimum Gasteiger partial charge on any atom is -0.342 e.